The number of benzene rings is 7. The molecule has 4 aromatic heterocycles. The molecule has 11 aromatic rings. The van der Waals surface area contributed by atoms with Crippen molar-refractivity contribution in [3.8, 4) is 0 Å². The van der Waals surface area contributed by atoms with Crippen molar-refractivity contribution >= 4 is 61.7 Å². The van der Waals surface area contributed by atoms with E-state index in [4.69, 9.17) is 1.12 Å². The van der Waals surface area contributed by atoms with Gasteiger partial charge in [0.2, 0.25) is 6.33 Å². The van der Waals surface area contributed by atoms with Gasteiger partial charge in [-0.25, -0.2) is 19.5 Å². The second-order valence-corrected chi connectivity index (χ2v) is 19.1. The predicted molar refractivity (Wildman–Crippen MR) is 365 cm³/mol. The summed E-state index contributed by atoms with van der Waals surface area (Å²) < 4.78 is 7.47. The van der Waals surface area contributed by atoms with Crippen LogP contribution in [0.3, 0.4) is 0 Å². The van der Waals surface area contributed by atoms with Crippen molar-refractivity contribution in [2.45, 2.75) is 96.4 Å². The molecule has 0 bridgehead atoms. The molecule has 12 heteroatoms. The molecule has 0 saturated carbocycles. The Kier molecular flexibility index (Phi) is 36.7. The number of nitrogens with one attached hydrogen (secondary N) is 5. The maximum Gasteiger partial charge on any atom is 0.241 e. The van der Waals surface area contributed by atoms with Crippen molar-refractivity contribution in [3.05, 3.63) is 292 Å². The van der Waals surface area contributed by atoms with E-state index < -0.39 is 0 Å². The first kappa shape index (κ1) is 70.2. The highest BCUT2D eigenvalue weighted by molar-refractivity contribution is 7.88. The van der Waals surface area contributed by atoms with Crippen LogP contribution in [-0.2, 0) is 31.7 Å². The Balaban J connectivity index is 0.000000458. The van der Waals surface area contributed by atoms with Gasteiger partial charge in [-0.05, 0) is 158 Å². The van der Waals surface area contributed by atoms with Crippen LogP contribution >= 0.6 is 21.4 Å². The zero-order valence-electron chi connectivity index (χ0n) is 50.6. The Bertz CT molecular complexity index is 3090. The zero-order valence-corrected chi connectivity index (χ0v) is 52.3. The van der Waals surface area contributed by atoms with Gasteiger partial charge in [0.15, 0.2) is 0 Å². The average Bonchev–Trinajstić information content (AvgIpc) is 4.42. The first-order chi connectivity index (χ1) is 39.7. The first-order valence-corrected chi connectivity index (χ1v) is 28.5. The molecular formula is C70H91N9PS2+. The number of hydrogen-bond acceptors (Lipinski definition) is 5. The summed E-state index contributed by atoms with van der Waals surface area (Å²) in [5, 5.41) is 4.58. The van der Waals surface area contributed by atoms with Crippen molar-refractivity contribution < 1.29 is 4.57 Å². The standard InChI is InChI=1S/C8H9N.2C8H7N.4C8H10.C5H8N2.2C4H6N2.CH4.HPS.H2S/c3*1-2-4-8-7(3-1)5-6-9-8;1-7-4-3-5-8(2)6-7;3*1-7-5-3-4-6-8(7)2;1-5-3-6-4-7(5)2;2*1-4-2-5-3-6-4;;1-2;/h1-4,9H,5-6H2;1-4,6H,5H2;1-6,9H;4*3-6H,1-2H3;3-4H,1-2H3;2*2-3H,1H3,(H,5,6);1H4;1H;1H2/p+1/i/hD. The van der Waals surface area contributed by atoms with Crippen LogP contribution in [-0.4, -0.2) is 43.8 Å². The number of nitrogens with zero attached hydrogens (tertiary/aromatic N) is 4. The fourth-order valence-corrected chi connectivity index (χ4v) is 7.21. The van der Waals surface area contributed by atoms with Crippen molar-refractivity contribution in [1.82, 2.24) is 29.9 Å². The number of fused-ring (bicyclic) bond motifs is 3. The highest BCUT2D eigenvalue weighted by Crippen LogP contribution is 2.22. The molecule has 0 amide bonds. The molecule has 7 aromatic carbocycles. The smallest absolute Gasteiger partial charge is 0.241 e. The number of aromatic nitrogens is 7. The largest absolute Gasteiger partial charge is 0.384 e. The van der Waals surface area contributed by atoms with E-state index in [9.17, 15) is 0 Å². The molecular weight excluding hydrogens is 1060 g/mol. The third kappa shape index (κ3) is 30.0. The lowest BCUT2D eigenvalue weighted by Gasteiger charge is -1.94. The van der Waals surface area contributed by atoms with Gasteiger partial charge in [-0.2, -0.15) is 13.4 Å². The minimum atomic E-state index is 0. The van der Waals surface area contributed by atoms with Crippen LogP contribution in [0.5, 0.6) is 0 Å². The van der Waals surface area contributed by atoms with Crippen molar-refractivity contribution in [2.24, 2.45) is 12.0 Å². The second kappa shape index (κ2) is 42.9. The normalized spacial score (nSPS) is 10.1. The summed E-state index contributed by atoms with van der Waals surface area (Å²) in [5.74, 6) is 0. The van der Waals surface area contributed by atoms with Crippen LogP contribution < -0.4 is 9.88 Å². The van der Waals surface area contributed by atoms with Crippen molar-refractivity contribution in [2.75, 3.05) is 11.9 Å². The maximum atomic E-state index is 5.44. The number of aromatic amines is 4. The SMILES string of the molecule is C.C1=Nc2ccccc2C1.Cc1c[nH]c[n+]1C.Cc1cccc(C)c1.Cc1ccccc1C.Cc1ccccc1C.Cc1ccccc1C.Cc1cnc[nH]1.Cc1cnc[nH]1.P=S.[2H]S.c1ccc2[nH]ccc2c1.c1ccc2c(c1)CCN2. The van der Waals surface area contributed by atoms with E-state index in [0.29, 0.717) is 0 Å². The third-order valence-corrected chi connectivity index (χ3v) is 12.6. The van der Waals surface area contributed by atoms with E-state index >= 15 is 0 Å². The van der Waals surface area contributed by atoms with Crippen LogP contribution in [0, 0.1) is 76.2 Å². The molecule has 432 valence electrons. The number of H-pyrrole nitrogens is 4. The van der Waals surface area contributed by atoms with E-state index in [1.165, 1.54) is 84.3 Å². The van der Waals surface area contributed by atoms with Gasteiger partial charge in [-0.1, -0.05) is 182 Å². The Morgan fingerprint density at radius 3 is 1.33 bits per heavy atom. The molecule has 6 heterocycles. The van der Waals surface area contributed by atoms with E-state index in [1.54, 1.807) is 25.0 Å². The monoisotopic (exact) mass is 1150 g/mol. The number of anilines is 1. The number of para-hydroxylation sites is 3. The maximum absolute atomic E-state index is 5.44. The lowest BCUT2D eigenvalue weighted by atomic mass is 10.1. The van der Waals surface area contributed by atoms with Crippen molar-refractivity contribution in [3.63, 3.8) is 0 Å². The molecule has 0 radical (unpaired) electrons. The van der Waals surface area contributed by atoms with Gasteiger partial charge in [0.25, 0.3) is 0 Å². The van der Waals surface area contributed by atoms with Gasteiger partial charge >= 0.3 is 0 Å². The Morgan fingerprint density at radius 2 is 0.976 bits per heavy atom. The number of aryl methyl sites for hydroxylation is 12. The lowest BCUT2D eigenvalue weighted by molar-refractivity contribution is -0.676. The van der Waals surface area contributed by atoms with Crippen molar-refractivity contribution in [1.29, 1.82) is 1.12 Å². The predicted octanol–water partition coefficient (Wildman–Crippen LogP) is 17.9. The minimum Gasteiger partial charge on any atom is -0.384 e. The second-order valence-electron chi connectivity index (χ2n) is 19.1. The van der Waals surface area contributed by atoms with Crippen LogP contribution in [0.15, 0.2) is 225 Å². The highest BCUT2D eigenvalue weighted by Gasteiger charge is 2.06. The summed E-state index contributed by atoms with van der Waals surface area (Å²) in [5.41, 5.74) is 20.8. The molecule has 9 nitrogen and oxygen atoms in total. The molecule has 0 unspecified atom stereocenters. The van der Waals surface area contributed by atoms with Gasteiger partial charge in [0.1, 0.15) is 11.9 Å². The first-order valence-electron chi connectivity index (χ1n) is 27.3. The van der Waals surface area contributed by atoms with Gasteiger partial charge in [-0.3, -0.25) is 4.99 Å². The highest BCUT2D eigenvalue weighted by atomic mass is 32.4. The summed E-state index contributed by atoms with van der Waals surface area (Å²) >= 11 is 6.67. The molecule has 0 fully saturated rings. The summed E-state index contributed by atoms with van der Waals surface area (Å²) in [6.45, 7) is 24.0. The summed E-state index contributed by atoms with van der Waals surface area (Å²) in [7, 11) is 4.56. The molecule has 5 N–H and O–H groups in total. The summed E-state index contributed by atoms with van der Waals surface area (Å²) in [4.78, 5) is 23.6. The zero-order chi connectivity index (χ0) is 60.3. The van der Waals surface area contributed by atoms with Gasteiger partial charge in [-0.15, -0.1) is 0 Å². The molecule has 0 atom stereocenters. The Labute approximate surface area is 507 Å². The number of hydrogen-bond donors (Lipinski definition) is 5. The fourth-order valence-electron chi connectivity index (χ4n) is 7.21. The minimum absolute atomic E-state index is 0. The van der Waals surface area contributed by atoms with Crippen LogP contribution in [0.25, 0.3) is 10.9 Å². The summed E-state index contributed by atoms with van der Waals surface area (Å²) in [6, 6.07) is 60.5. The van der Waals surface area contributed by atoms with E-state index in [-0.39, 0.29) is 7.43 Å². The fraction of sp³-hybridized carbons (Fsp3) is 0.229. The molecule has 0 saturated heterocycles. The topological polar surface area (TPSA) is 117 Å². The molecule has 2 aliphatic rings. The molecule has 82 heavy (non-hydrogen) atoms. The van der Waals surface area contributed by atoms with Crippen LogP contribution in [0.4, 0.5) is 11.4 Å². The lowest BCUT2D eigenvalue weighted by Crippen LogP contribution is -2.27. The molecule has 0 aliphatic carbocycles. The summed E-state index contributed by atoms with van der Waals surface area (Å²) in [6.07, 6.45) is 16.8. The molecule has 13 rings (SSSR count). The van der Waals surface area contributed by atoms with E-state index in [1.807, 2.05) is 80.7 Å². The number of aliphatic imine (C=N–C) groups is 1. The molecule has 2 aliphatic heterocycles. The van der Waals surface area contributed by atoms with E-state index in [2.05, 4.69) is 281 Å². The van der Waals surface area contributed by atoms with Gasteiger partial charge in [0.05, 0.1) is 26.5 Å². The quantitative estimate of drug-likeness (QED) is 0.0768. The number of rotatable bonds is 0. The van der Waals surface area contributed by atoms with Crippen LogP contribution in [0.2, 0.25) is 0 Å². The Morgan fingerprint density at radius 1 is 0.524 bits per heavy atom. The molecule has 0 spiro atoms. The number of imidazole rings is 3. The third-order valence-electron chi connectivity index (χ3n) is 12.6. The average molecular weight is 1150 g/mol. The van der Waals surface area contributed by atoms with Crippen LogP contribution in [0.1, 0.15) is 80.1 Å². The van der Waals surface area contributed by atoms with Gasteiger partial charge < -0.3 is 20.3 Å². The van der Waals surface area contributed by atoms with Gasteiger partial charge in [0, 0.05) is 67.3 Å². The Hall–Kier alpha value is -7.95. The van der Waals surface area contributed by atoms with E-state index in [0.717, 1.165) is 30.0 Å².